The maximum Gasteiger partial charge on any atom is 0.280 e. The van der Waals surface area contributed by atoms with Gasteiger partial charge in [0.2, 0.25) is 0 Å². The van der Waals surface area contributed by atoms with Crippen LogP contribution in [0.2, 0.25) is 0 Å². The molecule has 0 unspecified atom stereocenters. The van der Waals surface area contributed by atoms with Crippen molar-refractivity contribution in [1.29, 1.82) is 0 Å². The van der Waals surface area contributed by atoms with Crippen LogP contribution in [0.25, 0.3) is 5.65 Å². The molecular weight excluding hydrogens is 250 g/mol. The van der Waals surface area contributed by atoms with Crippen molar-refractivity contribution in [3.63, 3.8) is 0 Å². The van der Waals surface area contributed by atoms with Gasteiger partial charge in [0.05, 0.1) is 0 Å². The van der Waals surface area contributed by atoms with Crippen molar-refractivity contribution in [3.8, 4) is 0 Å². The van der Waals surface area contributed by atoms with Gasteiger partial charge in [-0.05, 0) is 11.5 Å². The first-order chi connectivity index (χ1) is 7.38. The van der Waals surface area contributed by atoms with Crippen LogP contribution in [0.15, 0.2) is 23.5 Å². The van der Waals surface area contributed by atoms with Crippen LogP contribution in [-0.2, 0) is 9.05 Å². The summed E-state index contributed by atoms with van der Waals surface area (Å²) in [6, 6.07) is 1.34. The van der Waals surface area contributed by atoms with Gasteiger partial charge in [-0.15, -0.1) is 0 Å². The molecule has 0 fully saturated rings. The van der Waals surface area contributed by atoms with Crippen LogP contribution in [0.3, 0.4) is 0 Å². The molecule has 0 spiro atoms. The summed E-state index contributed by atoms with van der Waals surface area (Å²) < 4.78 is 23.6. The molecule has 0 saturated carbocycles. The Morgan fingerprint density at radius 2 is 2.12 bits per heavy atom. The quantitative estimate of drug-likeness (QED) is 0.771. The minimum absolute atomic E-state index is 0.178. The molecule has 0 amide bonds. The summed E-state index contributed by atoms with van der Waals surface area (Å²) in [5.74, 6) is 0.303. The van der Waals surface area contributed by atoms with Crippen LogP contribution in [0, 0.1) is 0 Å². The van der Waals surface area contributed by atoms with Gasteiger partial charge in [-0.2, -0.15) is 5.10 Å². The standard InChI is InChI=1S/C9H10ClN3O2S/c1-6(2)7-4-11-8-3-9(16(10,14)15)12-13(8)5-7/h3-6H,1-2H3. The van der Waals surface area contributed by atoms with Gasteiger partial charge in [-0.25, -0.2) is 17.9 Å². The van der Waals surface area contributed by atoms with Crippen molar-refractivity contribution >= 4 is 25.4 Å². The van der Waals surface area contributed by atoms with E-state index in [1.165, 1.54) is 10.6 Å². The zero-order chi connectivity index (χ0) is 11.9. The molecule has 5 nitrogen and oxygen atoms in total. The number of nitrogens with zero attached hydrogens (tertiary/aromatic N) is 3. The Bertz CT molecular complexity index is 633. The highest BCUT2D eigenvalue weighted by molar-refractivity contribution is 8.13. The van der Waals surface area contributed by atoms with E-state index in [1.807, 2.05) is 13.8 Å². The lowest BCUT2D eigenvalue weighted by molar-refractivity contribution is 0.604. The van der Waals surface area contributed by atoms with Crippen molar-refractivity contribution in [2.45, 2.75) is 24.8 Å². The zero-order valence-corrected chi connectivity index (χ0v) is 10.3. The molecule has 0 saturated heterocycles. The number of fused-ring (bicyclic) bond motifs is 1. The van der Waals surface area contributed by atoms with E-state index >= 15 is 0 Å². The minimum Gasteiger partial charge on any atom is -0.237 e. The molecule has 16 heavy (non-hydrogen) atoms. The van der Waals surface area contributed by atoms with Gasteiger partial charge < -0.3 is 0 Å². The SMILES string of the molecule is CC(C)c1cnc2cc(S(=O)(=O)Cl)nn2c1. The molecule has 0 aliphatic carbocycles. The summed E-state index contributed by atoms with van der Waals surface area (Å²) in [6.45, 7) is 4.04. The van der Waals surface area contributed by atoms with E-state index in [0.717, 1.165) is 5.56 Å². The molecule has 7 heteroatoms. The second-order valence-electron chi connectivity index (χ2n) is 3.77. The lowest BCUT2D eigenvalue weighted by atomic mass is 10.1. The highest BCUT2D eigenvalue weighted by Gasteiger charge is 2.15. The summed E-state index contributed by atoms with van der Waals surface area (Å²) in [4.78, 5) is 4.11. The van der Waals surface area contributed by atoms with Gasteiger partial charge >= 0.3 is 0 Å². The van der Waals surface area contributed by atoms with E-state index in [1.54, 1.807) is 12.4 Å². The van der Waals surface area contributed by atoms with Crippen molar-refractivity contribution in [1.82, 2.24) is 14.6 Å². The summed E-state index contributed by atoms with van der Waals surface area (Å²) in [7, 11) is 1.40. The largest absolute Gasteiger partial charge is 0.280 e. The zero-order valence-electron chi connectivity index (χ0n) is 8.75. The topological polar surface area (TPSA) is 64.3 Å². The van der Waals surface area contributed by atoms with Gasteiger partial charge in [-0.3, -0.25) is 0 Å². The molecule has 86 valence electrons. The fourth-order valence-electron chi connectivity index (χ4n) is 1.29. The van der Waals surface area contributed by atoms with Gasteiger partial charge in [-0.1, -0.05) is 13.8 Å². The van der Waals surface area contributed by atoms with Crippen LogP contribution in [0.1, 0.15) is 25.3 Å². The Balaban J connectivity index is 2.63. The first-order valence-electron chi connectivity index (χ1n) is 4.68. The van der Waals surface area contributed by atoms with Crippen LogP contribution in [0.5, 0.6) is 0 Å². The lowest BCUT2D eigenvalue weighted by Crippen LogP contribution is -1.97. The fraction of sp³-hybridized carbons (Fsp3) is 0.333. The fourth-order valence-corrected chi connectivity index (χ4v) is 1.94. The Morgan fingerprint density at radius 1 is 1.44 bits per heavy atom. The van der Waals surface area contributed by atoms with Crippen LogP contribution in [0.4, 0.5) is 0 Å². The molecule has 2 heterocycles. The molecule has 0 radical (unpaired) electrons. The third-order valence-corrected chi connectivity index (χ3v) is 3.40. The van der Waals surface area contributed by atoms with E-state index in [2.05, 4.69) is 10.1 Å². The molecule has 2 aromatic heterocycles. The predicted octanol–water partition coefficient (Wildman–Crippen LogP) is 1.78. The highest BCUT2D eigenvalue weighted by Crippen LogP contribution is 2.17. The molecule has 2 aromatic rings. The number of halogens is 1. The maximum absolute atomic E-state index is 11.1. The van der Waals surface area contributed by atoms with E-state index in [4.69, 9.17) is 10.7 Å². The van der Waals surface area contributed by atoms with Crippen molar-refractivity contribution in [2.24, 2.45) is 0 Å². The third kappa shape index (κ3) is 2.03. The van der Waals surface area contributed by atoms with E-state index in [-0.39, 0.29) is 5.03 Å². The van der Waals surface area contributed by atoms with E-state index < -0.39 is 9.05 Å². The lowest BCUT2D eigenvalue weighted by Gasteiger charge is -2.03. The van der Waals surface area contributed by atoms with Gasteiger partial charge in [0.1, 0.15) is 0 Å². The van der Waals surface area contributed by atoms with Crippen molar-refractivity contribution in [3.05, 3.63) is 24.0 Å². The Hall–Kier alpha value is -1.14. The molecule has 0 aliphatic rings. The van der Waals surface area contributed by atoms with Crippen molar-refractivity contribution < 1.29 is 8.42 Å². The summed E-state index contributed by atoms with van der Waals surface area (Å²) >= 11 is 0. The van der Waals surface area contributed by atoms with E-state index in [9.17, 15) is 8.42 Å². The monoisotopic (exact) mass is 259 g/mol. The van der Waals surface area contributed by atoms with Crippen molar-refractivity contribution in [2.75, 3.05) is 0 Å². The Labute approximate surface area is 97.5 Å². The van der Waals surface area contributed by atoms with Crippen LogP contribution >= 0.6 is 10.7 Å². The van der Waals surface area contributed by atoms with Gasteiger partial charge in [0.15, 0.2) is 10.7 Å². The second kappa shape index (κ2) is 3.71. The number of aromatic nitrogens is 3. The first-order valence-corrected chi connectivity index (χ1v) is 6.99. The molecular formula is C9H10ClN3O2S. The van der Waals surface area contributed by atoms with E-state index in [0.29, 0.717) is 11.6 Å². The average Bonchev–Trinajstić information content (AvgIpc) is 2.58. The first kappa shape index (κ1) is 11.3. The molecule has 0 aromatic carbocycles. The normalized spacial score (nSPS) is 12.5. The Kier molecular flexibility index (Phi) is 2.63. The molecule has 0 atom stereocenters. The summed E-state index contributed by atoms with van der Waals surface area (Å²) in [5.41, 5.74) is 1.44. The third-order valence-electron chi connectivity index (χ3n) is 2.23. The summed E-state index contributed by atoms with van der Waals surface area (Å²) in [5, 5.41) is 3.68. The molecule has 0 bridgehead atoms. The molecule has 2 rings (SSSR count). The number of hydrogen-bond donors (Lipinski definition) is 0. The Morgan fingerprint density at radius 3 is 2.69 bits per heavy atom. The molecule has 0 aliphatic heterocycles. The average molecular weight is 260 g/mol. The van der Waals surface area contributed by atoms with Gasteiger partial charge in [0, 0.05) is 29.1 Å². The highest BCUT2D eigenvalue weighted by atomic mass is 35.7. The molecule has 0 N–H and O–H groups in total. The minimum atomic E-state index is -3.80. The second-order valence-corrected chi connectivity index (χ2v) is 6.28. The number of rotatable bonds is 2. The smallest absolute Gasteiger partial charge is 0.237 e. The predicted molar refractivity (Wildman–Crippen MR) is 60.1 cm³/mol. The summed E-state index contributed by atoms with van der Waals surface area (Å²) in [6.07, 6.45) is 3.45. The maximum atomic E-state index is 11.1. The van der Waals surface area contributed by atoms with Gasteiger partial charge in [0.25, 0.3) is 9.05 Å². The van der Waals surface area contributed by atoms with Crippen LogP contribution in [-0.4, -0.2) is 23.0 Å². The van der Waals surface area contributed by atoms with Crippen LogP contribution < -0.4 is 0 Å². The number of hydrogen-bond acceptors (Lipinski definition) is 4.